The highest BCUT2D eigenvalue weighted by molar-refractivity contribution is 6.18. The Morgan fingerprint density at radius 1 is 0.946 bits per heavy atom. The Bertz CT molecular complexity index is 1360. The van der Waals surface area contributed by atoms with Crippen LogP contribution in [0.1, 0.15) is 89.3 Å². The number of ether oxygens (including phenoxy) is 1. The summed E-state index contributed by atoms with van der Waals surface area (Å²) < 4.78 is 59.6. The Labute approximate surface area is 212 Å². The minimum atomic E-state index is -4.53. The number of hydrogen-bond donors (Lipinski definition) is 0. The highest BCUT2D eigenvalue weighted by Gasteiger charge is 2.39. The van der Waals surface area contributed by atoms with E-state index in [0.717, 1.165) is 37.8 Å². The van der Waals surface area contributed by atoms with Gasteiger partial charge in [-0.05, 0) is 74.1 Å². The number of carbonyl (C=O) groups is 2. The Kier molecular flexibility index (Phi) is 6.21. The molecule has 0 amide bonds. The molecule has 192 valence electrons. The van der Waals surface area contributed by atoms with Gasteiger partial charge >= 0.3 is 6.18 Å². The van der Waals surface area contributed by atoms with Gasteiger partial charge in [0.25, 0.3) is 0 Å². The Hall–Kier alpha value is -3.48. The van der Waals surface area contributed by atoms with Crippen molar-refractivity contribution < 1.29 is 31.9 Å². The molecular weight excluding hydrogens is 484 g/mol. The van der Waals surface area contributed by atoms with Gasteiger partial charge in [-0.1, -0.05) is 37.1 Å². The summed E-state index contributed by atoms with van der Waals surface area (Å²) in [5.41, 5.74) is 0.558. The Balaban J connectivity index is 1.79. The molecule has 0 radical (unpaired) electrons. The molecule has 0 N–H and O–H groups in total. The minimum absolute atomic E-state index is 0.0293. The van der Waals surface area contributed by atoms with Crippen molar-refractivity contribution >= 4 is 11.6 Å². The number of alkyl halides is 3. The first-order chi connectivity index (χ1) is 17.4. The summed E-state index contributed by atoms with van der Waals surface area (Å²) >= 11 is 0. The summed E-state index contributed by atoms with van der Waals surface area (Å²) in [6.45, 7) is 3.64. The maximum Gasteiger partial charge on any atom is 0.416 e. The van der Waals surface area contributed by atoms with E-state index < -0.39 is 28.9 Å². The number of fused-ring (bicyclic) bond motifs is 1. The maximum atomic E-state index is 14.1. The summed E-state index contributed by atoms with van der Waals surface area (Å²) in [4.78, 5) is 27.5. The van der Waals surface area contributed by atoms with Crippen molar-refractivity contribution in [3.05, 3.63) is 88.2 Å². The van der Waals surface area contributed by atoms with Gasteiger partial charge in [-0.2, -0.15) is 13.2 Å². The number of rotatable bonds is 4. The number of Topliss-reactive ketones (excluding diaryl/α,β-unsaturated/α-hetero) is 1. The summed E-state index contributed by atoms with van der Waals surface area (Å²) in [7, 11) is 0. The number of halogens is 4. The van der Waals surface area contributed by atoms with E-state index in [2.05, 4.69) is 0 Å². The lowest BCUT2D eigenvalue weighted by Crippen LogP contribution is -2.36. The Morgan fingerprint density at radius 3 is 2.16 bits per heavy atom. The van der Waals surface area contributed by atoms with E-state index in [0.29, 0.717) is 22.4 Å². The van der Waals surface area contributed by atoms with Crippen molar-refractivity contribution in [2.24, 2.45) is 0 Å². The lowest BCUT2D eigenvalue weighted by atomic mass is 9.78. The van der Waals surface area contributed by atoms with E-state index in [4.69, 9.17) is 4.74 Å². The fraction of sp³-hybridized carbons (Fsp3) is 0.333. The first kappa shape index (κ1) is 25.2. The number of carbonyl (C=O) groups excluding carboxylic acids is 2. The number of benzene rings is 3. The van der Waals surface area contributed by atoms with Crippen LogP contribution in [-0.4, -0.2) is 17.2 Å². The third-order valence-corrected chi connectivity index (χ3v) is 7.20. The summed E-state index contributed by atoms with van der Waals surface area (Å²) in [5.74, 6) is -0.739. The van der Waals surface area contributed by atoms with Crippen LogP contribution in [0.2, 0.25) is 0 Å². The average Bonchev–Trinajstić information content (AvgIpc) is 3.37. The molecule has 3 aromatic carbocycles. The first-order valence-corrected chi connectivity index (χ1v) is 12.4. The largest absolute Gasteiger partial charge is 0.487 e. The fourth-order valence-electron chi connectivity index (χ4n) is 5.51. The van der Waals surface area contributed by atoms with Crippen molar-refractivity contribution in [1.29, 1.82) is 0 Å². The Morgan fingerprint density at radius 2 is 1.57 bits per heavy atom. The summed E-state index contributed by atoms with van der Waals surface area (Å²) in [6.07, 6.45) is -0.804. The van der Waals surface area contributed by atoms with Crippen LogP contribution >= 0.6 is 0 Å². The van der Waals surface area contributed by atoms with Gasteiger partial charge in [0.2, 0.25) is 0 Å². The van der Waals surface area contributed by atoms with E-state index in [-0.39, 0.29) is 34.8 Å². The monoisotopic (exact) mass is 510 g/mol. The quantitative estimate of drug-likeness (QED) is 0.263. The molecule has 3 nitrogen and oxygen atoms in total. The van der Waals surface area contributed by atoms with Crippen molar-refractivity contribution in [3.63, 3.8) is 0 Å². The molecule has 37 heavy (non-hydrogen) atoms. The normalized spacial score (nSPS) is 17.4. The van der Waals surface area contributed by atoms with Crippen LogP contribution in [0.3, 0.4) is 0 Å². The molecular formula is C30H26F4O3. The highest BCUT2D eigenvalue weighted by Crippen LogP contribution is 2.47. The molecule has 0 atom stereocenters. The summed E-state index contributed by atoms with van der Waals surface area (Å²) in [6, 6.07) is 11.4. The van der Waals surface area contributed by atoms with Crippen LogP contribution in [0.5, 0.6) is 5.75 Å². The maximum absolute atomic E-state index is 14.1. The van der Waals surface area contributed by atoms with Crippen LogP contribution in [0.25, 0.3) is 11.1 Å². The zero-order valence-corrected chi connectivity index (χ0v) is 20.5. The molecule has 1 heterocycles. The van der Waals surface area contributed by atoms with Gasteiger partial charge in [0.05, 0.1) is 17.5 Å². The third-order valence-electron chi connectivity index (χ3n) is 7.20. The number of hydrogen-bond acceptors (Lipinski definition) is 3. The second kappa shape index (κ2) is 9.12. The van der Waals surface area contributed by atoms with Gasteiger partial charge in [0.1, 0.15) is 17.2 Å². The zero-order chi connectivity index (χ0) is 26.5. The van der Waals surface area contributed by atoms with E-state index in [1.54, 1.807) is 6.07 Å². The van der Waals surface area contributed by atoms with Crippen LogP contribution in [-0.2, 0) is 6.18 Å². The molecule has 0 aromatic heterocycles. The van der Waals surface area contributed by atoms with E-state index in [1.165, 1.54) is 36.4 Å². The van der Waals surface area contributed by atoms with Crippen molar-refractivity contribution in [3.8, 4) is 16.9 Å². The van der Waals surface area contributed by atoms with Crippen molar-refractivity contribution in [2.75, 3.05) is 0 Å². The molecule has 0 bridgehead atoms. The second-order valence-corrected chi connectivity index (χ2v) is 10.4. The van der Waals surface area contributed by atoms with Gasteiger partial charge < -0.3 is 4.74 Å². The molecule has 0 unspecified atom stereocenters. The topological polar surface area (TPSA) is 43.4 Å². The lowest BCUT2D eigenvalue weighted by Gasteiger charge is -2.34. The molecule has 1 fully saturated rings. The smallest absolute Gasteiger partial charge is 0.416 e. The fourth-order valence-corrected chi connectivity index (χ4v) is 5.51. The highest BCUT2D eigenvalue weighted by atomic mass is 19.4. The van der Waals surface area contributed by atoms with Crippen molar-refractivity contribution in [1.82, 2.24) is 0 Å². The zero-order valence-electron chi connectivity index (χ0n) is 20.5. The van der Waals surface area contributed by atoms with Gasteiger partial charge in [-0.25, -0.2) is 4.39 Å². The molecule has 1 aliphatic heterocycles. The van der Waals surface area contributed by atoms with Crippen molar-refractivity contribution in [2.45, 2.75) is 63.6 Å². The van der Waals surface area contributed by atoms with E-state index in [1.807, 2.05) is 13.8 Å². The predicted octanol–water partition coefficient (Wildman–Crippen LogP) is 8.14. The van der Waals surface area contributed by atoms with Gasteiger partial charge in [-0.3, -0.25) is 9.59 Å². The minimum Gasteiger partial charge on any atom is -0.487 e. The van der Waals surface area contributed by atoms with Crippen LogP contribution in [0.4, 0.5) is 17.6 Å². The second-order valence-electron chi connectivity index (χ2n) is 10.4. The van der Waals surface area contributed by atoms with Crippen LogP contribution < -0.4 is 4.74 Å². The van der Waals surface area contributed by atoms with Gasteiger partial charge in [0.15, 0.2) is 11.6 Å². The molecule has 7 heteroatoms. The third kappa shape index (κ3) is 4.79. The summed E-state index contributed by atoms with van der Waals surface area (Å²) in [5, 5.41) is 0. The van der Waals surface area contributed by atoms with Gasteiger partial charge in [-0.15, -0.1) is 0 Å². The standard InChI is InChI=1S/C30H26F4O3/c1-29(2)16-23(35)27-24(37-29)15-22(17-5-3-4-6-17)26(25(27)18-9-13-21(31)14-10-18)28(36)19-7-11-20(12-8-19)30(32,33)34/h7-15,17H,3-6,16H2,1-2H3. The van der Waals surface area contributed by atoms with Crippen LogP contribution in [0.15, 0.2) is 54.6 Å². The SMILES string of the molecule is CC1(C)CC(=O)c2c(cc(C3CCCC3)c(C(=O)c3ccc(C(F)(F)F)cc3)c2-c2ccc(F)cc2)O1. The molecule has 5 rings (SSSR count). The number of ketones is 2. The molecule has 0 spiro atoms. The van der Waals surface area contributed by atoms with E-state index in [9.17, 15) is 27.2 Å². The average molecular weight is 511 g/mol. The lowest BCUT2D eigenvalue weighted by molar-refractivity contribution is -0.137. The van der Waals surface area contributed by atoms with E-state index >= 15 is 0 Å². The molecule has 2 aliphatic rings. The molecule has 1 aliphatic carbocycles. The van der Waals surface area contributed by atoms with Gasteiger partial charge in [0, 0.05) is 16.7 Å². The molecule has 3 aromatic rings. The predicted molar refractivity (Wildman–Crippen MR) is 132 cm³/mol. The molecule has 1 saturated carbocycles. The first-order valence-electron chi connectivity index (χ1n) is 12.4. The van der Waals surface area contributed by atoms with Crippen LogP contribution in [0, 0.1) is 5.82 Å². The molecule has 0 saturated heterocycles.